The van der Waals surface area contributed by atoms with Gasteiger partial charge in [-0.1, -0.05) is 83.1 Å². The predicted octanol–water partition coefficient (Wildman–Crippen LogP) is 5.36. The van der Waals surface area contributed by atoms with Gasteiger partial charge >= 0.3 is 0 Å². The normalized spacial score (nSPS) is 12.3. The van der Waals surface area contributed by atoms with Crippen LogP contribution in [0, 0.1) is 27.8 Å². The maximum Gasteiger partial charge on any atom is 0.270 e. The van der Waals surface area contributed by atoms with Gasteiger partial charge < -0.3 is 21.1 Å². The molecular weight excluding hydrogens is 621 g/mol. The summed E-state index contributed by atoms with van der Waals surface area (Å²) < 4.78 is 15.3. The summed E-state index contributed by atoms with van der Waals surface area (Å²) in [6, 6.07) is 21.1. The number of non-ortho nitro benzene ring substituents is 1. The van der Waals surface area contributed by atoms with Crippen molar-refractivity contribution >= 4 is 29.4 Å². The minimum absolute atomic E-state index is 0.0181. The second-order valence-corrected chi connectivity index (χ2v) is 13.4. The third kappa shape index (κ3) is 17.0. The number of hydrogen-bond donors (Lipinski definition) is 4. The van der Waals surface area contributed by atoms with Crippen LogP contribution in [0.1, 0.15) is 45.7 Å². The molecule has 2 unspecified atom stereocenters. The van der Waals surface area contributed by atoms with Crippen molar-refractivity contribution in [3.63, 3.8) is 0 Å². The van der Waals surface area contributed by atoms with Crippen molar-refractivity contribution in [2.75, 3.05) is 26.2 Å². The van der Waals surface area contributed by atoms with Crippen molar-refractivity contribution in [2.45, 2.75) is 64.6 Å². The SMILES string of the molecule is CC(C)C.CC(C)CN(CC(O)C(Cc1ccccc1)NC(=O)CNC(=O)CNCc1cccc(F)c1)Sc1cccc([N+](=O)[O-])c1. The zero-order chi connectivity index (χ0) is 34.8. The maximum absolute atomic E-state index is 13.3. The lowest BCUT2D eigenvalue weighted by Gasteiger charge is -2.30. The molecule has 0 aliphatic rings. The van der Waals surface area contributed by atoms with Crippen LogP contribution in [-0.2, 0) is 22.6 Å². The van der Waals surface area contributed by atoms with Gasteiger partial charge in [0.25, 0.3) is 5.69 Å². The number of nitro groups is 1. The molecule has 47 heavy (non-hydrogen) atoms. The highest BCUT2D eigenvalue weighted by molar-refractivity contribution is 7.97. The number of aliphatic hydroxyl groups is 1. The first-order chi connectivity index (χ1) is 22.3. The molecule has 12 heteroatoms. The van der Waals surface area contributed by atoms with E-state index in [0.29, 0.717) is 30.0 Å². The molecule has 0 saturated carbocycles. The number of halogens is 1. The summed E-state index contributed by atoms with van der Waals surface area (Å²) in [5, 5.41) is 30.9. The first-order valence-electron chi connectivity index (χ1n) is 15.7. The van der Waals surface area contributed by atoms with E-state index in [-0.39, 0.29) is 37.1 Å². The van der Waals surface area contributed by atoms with Crippen LogP contribution in [0.4, 0.5) is 10.1 Å². The van der Waals surface area contributed by atoms with Gasteiger partial charge in [0, 0.05) is 36.7 Å². The Balaban J connectivity index is 0.00000181. The molecule has 0 fully saturated rings. The minimum atomic E-state index is -0.988. The molecule has 2 amide bonds. The Kier molecular flexibility index (Phi) is 17.7. The molecule has 2 atom stereocenters. The summed E-state index contributed by atoms with van der Waals surface area (Å²) in [7, 11) is 0. The van der Waals surface area contributed by atoms with Crippen LogP contribution in [-0.4, -0.2) is 64.5 Å². The molecule has 256 valence electrons. The number of nitrogens with one attached hydrogen (secondary N) is 3. The summed E-state index contributed by atoms with van der Waals surface area (Å²) in [6.45, 7) is 11.3. The Labute approximate surface area is 281 Å². The van der Waals surface area contributed by atoms with E-state index < -0.39 is 28.9 Å². The second kappa shape index (κ2) is 21.1. The minimum Gasteiger partial charge on any atom is -0.390 e. The number of nitrogens with zero attached hydrogens (tertiary/aromatic N) is 2. The van der Waals surface area contributed by atoms with E-state index >= 15 is 0 Å². The van der Waals surface area contributed by atoms with E-state index in [1.807, 2.05) is 48.5 Å². The van der Waals surface area contributed by atoms with Gasteiger partial charge in [0.15, 0.2) is 0 Å². The van der Waals surface area contributed by atoms with Crippen molar-refractivity contribution < 1.29 is 24.0 Å². The van der Waals surface area contributed by atoms with E-state index in [4.69, 9.17) is 0 Å². The van der Waals surface area contributed by atoms with Crippen molar-refractivity contribution in [2.24, 2.45) is 11.8 Å². The molecule has 0 spiro atoms. The number of aliphatic hydroxyl groups excluding tert-OH is 1. The van der Waals surface area contributed by atoms with Crippen LogP contribution in [0.15, 0.2) is 83.8 Å². The standard InChI is InChI=1S/C31H38FN5O5S.C4H10/c1-22(2)20-36(43-27-13-7-12-26(16-27)37(41)42)21-29(38)28(15-23-8-4-3-5-9-23)35-31(40)19-34-30(39)18-33-17-24-10-6-11-25(32)14-24;1-4(2)3/h3-14,16,22,28-29,33,38H,15,17-21H2,1-2H3,(H,34,39)(H,35,40);4H,1-3H3. The van der Waals surface area contributed by atoms with E-state index in [0.717, 1.165) is 11.5 Å². The highest BCUT2D eigenvalue weighted by atomic mass is 32.2. The first-order valence-corrected chi connectivity index (χ1v) is 16.5. The molecule has 0 aromatic heterocycles. The highest BCUT2D eigenvalue weighted by Crippen LogP contribution is 2.27. The fourth-order valence-corrected chi connectivity index (χ4v) is 5.52. The Morgan fingerprint density at radius 1 is 0.894 bits per heavy atom. The quantitative estimate of drug-likeness (QED) is 0.0858. The third-order valence-corrected chi connectivity index (χ3v) is 7.30. The van der Waals surface area contributed by atoms with Crippen LogP contribution in [0.25, 0.3) is 0 Å². The molecule has 3 aromatic rings. The molecular formula is C35H48FN5O5S. The monoisotopic (exact) mass is 669 g/mol. The lowest BCUT2D eigenvalue weighted by molar-refractivity contribution is -0.385. The second-order valence-electron chi connectivity index (χ2n) is 12.3. The number of amides is 2. The van der Waals surface area contributed by atoms with E-state index in [1.165, 1.54) is 36.2 Å². The van der Waals surface area contributed by atoms with E-state index in [2.05, 4.69) is 36.7 Å². The van der Waals surface area contributed by atoms with Crippen molar-refractivity contribution in [3.8, 4) is 0 Å². The number of rotatable bonds is 17. The van der Waals surface area contributed by atoms with Gasteiger partial charge in [-0.2, -0.15) is 0 Å². The Morgan fingerprint density at radius 3 is 2.19 bits per heavy atom. The number of benzene rings is 3. The molecule has 0 aliphatic carbocycles. The topological polar surface area (TPSA) is 137 Å². The third-order valence-electron chi connectivity index (χ3n) is 6.28. The fourth-order valence-electron chi connectivity index (χ4n) is 4.31. The van der Waals surface area contributed by atoms with Gasteiger partial charge in [-0.3, -0.25) is 19.7 Å². The van der Waals surface area contributed by atoms with Crippen molar-refractivity contribution in [3.05, 3.63) is 106 Å². The average Bonchev–Trinajstić information content (AvgIpc) is 3.00. The van der Waals surface area contributed by atoms with E-state index in [1.54, 1.807) is 24.3 Å². The van der Waals surface area contributed by atoms with Crippen LogP contribution >= 0.6 is 11.9 Å². The van der Waals surface area contributed by atoms with Gasteiger partial charge in [0.05, 0.1) is 30.2 Å². The number of carbonyl (C=O) groups is 2. The smallest absolute Gasteiger partial charge is 0.270 e. The fraction of sp³-hybridized carbons (Fsp3) is 0.429. The molecule has 10 nitrogen and oxygen atoms in total. The molecule has 0 aliphatic heterocycles. The van der Waals surface area contributed by atoms with Crippen LogP contribution < -0.4 is 16.0 Å². The highest BCUT2D eigenvalue weighted by Gasteiger charge is 2.25. The Morgan fingerprint density at radius 2 is 1.55 bits per heavy atom. The molecule has 3 aromatic carbocycles. The summed E-state index contributed by atoms with van der Waals surface area (Å²) >= 11 is 1.31. The molecule has 0 saturated heterocycles. The predicted molar refractivity (Wildman–Crippen MR) is 185 cm³/mol. The first kappa shape index (κ1) is 39.3. The van der Waals surface area contributed by atoms with Gasteiger partial charge in [-0.15, -0.1) is 0 Å². The lowest BCUT2D eigenvalue weighted by Crippen LogP contribution is -2.51. The zero-order valence-corrected chi connectivity index (χ0v) is 28.6. The summed E-state index contributed by atoms with van der Waals surface area (Å²) in [5.41, 5.74) is 1.59. The summed E-state index contributed by atoms with van der Waals surface area (Å²) in [5.74, 6) is -0.142. The summed E-state index contributed by atoms with van der Waals surface area (Å²) in [4.78, 5) is 36.6. The molecule has 4 N–H and O–H groups in total. The van der Waals surface area contributed by atoms with Crippen molar-refractivity contribution in [1.29, 1.82) is 0 Å². The zero-order valence-electron chi connectivity index (χ0n) is 27.8. The van der Waals surface area contributed by atoms with Gasteiger partial charge in [-0.25, -0.2) is 8.70 Å². The van der Waals surface area contributed by atoms with Crippen LogP contribution in [0.3, 0.4) is 0 Å². The number of nitro benzene ring substituents is 1. The molecule has 0 bridgehead atoms. The van der Waals surface area contributed by atoms with Crippen LogP contribution in [0.5, 0.6) is 0 Å². The number of carbonyl (C=O) groups excluding carboxylic acids is 2. The van der Waals surface area contributed by atoms with Crippen LogP contribution in [0.2, 0.25) is 0 Å². The van der Waals surface area contributed by atoms with Crippen molar-refractivity contribution in [1.82, 2.24) is 20.3 Å². The van der Waals surface area contributed by atoms with Gasteiger partial charge in [-0.05, 0) is 59.5 Å². The molecule has 0 radical (unpaired) electrons. The molecule has 3 rings (SSSR count). The maximum atomic E-state index is 13.3. The average molecular weight is 670 g/mol. The molecule has 0 heterocycles. The summed E-state index contributed by atoms with van der Waals surface area (Å²) in [6.07, 6.45) is -0.633. The Bertz CT molecular complexity index is 1390. The lowest BCUT2D eigenvalue weighted by atomic mass is 10.0. The van der Waals surface area contributed by atoms with Gasteiger partial charge in [0.1, 0.15) is 5.82 Å². The van der Waals surface area contributed by atoms with E-state index in [9.17, 15) is 29.2 Å². The number of hydrogen-bond acceptors (Lipinski definition) is 8. The Hall–Kier alpha value is -3.84. The van der Waals surface area contributed by atoms with Gasteiger partial charge in [0.2, 0.25) is 11.8 Å². The largest absolute Gasteiger partial charge is 0.390 e.